The lowest BCUT2D eigenvalue weighted by Gasteiger charge is -2.33. The molecule has 0 saturated carbocycles. The van der Waals surface area contributed by atoms with Gasteiger partial charge in [0.25, 0.3) is 5.91 Å². The SMILES string of the molecule is O=C(c1cc2ccccc2s1)N1CCC2(C1)Cn1c(n[nH]c1=O)CO2. The molecule has 25 heavy (non-hydrogen) atoms. The lowest BCUT2D eigenvalue weighted by molar-refractivity contribution is -0.0816. The summed E-state index contributed by atoms with van der Waals surface area (Å²) in [7, 11) is 0. The third-order valence-corrected chi connectivity index (χ3v) is 6.14. The maximum absolute atomic E-state index is 12.9. The van der Waals surface area contributed by atoms with Crippen LogP contribution in [0.3, 0.4) is 0 Å². The van der Waals surface area contributed by atoms with E-state index in [1.807, 2.05) is 35.2 Å². The van der Waals surface area contributed by atoms with E-state index < -0.39 is 5.60 Å². The minimum absolute atomic E-state index is 0.0343. The Balaban J connectivity index is 1.39. The number of thiophene rings is 1. The van der Waals surface area contributed by atoms with Crippen molar-refractivity contribution in [3.63, 3.8) is 0 Å². The van der Waals surface area contributed by atoms with Crippen molar-refractivity contribution in [1.82, 2.24) is 19.7 Å². The average molecular weight is 356 g/mol. The van der Waals surface area contributed by atoms with Gasteiger partial charge in [-0.3, -0.25) is 9.36 Å². The fourth-order valence-corrected chi connectivity index (χ4v) is 4.71. The van der Waals surface area contributed by atoms with Crippen LogP contribution in [0, 0.1) is 0 Å². The molecule has 1 saturated heterocycles. The van der Waals surface area contributed by atoms with E-state index in [0.717, 1.165) is 21.4 Å². The zero-order valence-electron chi connectivity index (χ0n) is 13.4. The predicted molar refractivity (Wildman–Crippen MR) is 92.7 cm³/mol. The highest BCUT2D eigenvalue weighted by Gasteiger charge is 2.44. The number of benzene rings is 1. The number of nitrogens with zero attached hydrogens (tertiary/aromatic N) is 3. The molecule has 5 rings (SSSR count). The summed E-state index contributed by atoms with van der Waals surface area (Å²) in [5.74, 6) is 0.650. The number of ether oxygens (including phenoxy) is 1. The molecule has 2 aliphatic rings. The van der Waals surface area contributed by atoms with Gasteiger partial charge in [-0.2, -0.15) is 5.10 Å². The number of likely N-dealkylation sites (tertiary alicyclic amines) is 1. The van der Waals surface area contributed by atoms with Crippen molar-refractivity contribution in [3.8, 4) is 0 Å². The summed E-state index contributed by atoms with van der Waals surface area (Å²) in [5.41, 5.74) is -0.709. The Labute approximate surface area is 146 Å². The molecule has 0 aliphatic carbocycles. The maximum Gasteiger partial charge on any atom is 0.343 e. The lowest BCUT2D eigenvalue weighted by Crippen LogP contribution is -2.46. The summed E-state index contributed by atoms with van der Waals surface area (Å²) in [6.45, 7) is 1.86. The van der Waals surface area contributed by atoms with E-state index in [4.69, 9.17) is 4.74 Å². The van der Waals surface area contributed by atoms with Crippen LogP contribution in [0.1, 0.15) is 21.9 Å². The second kappa shape index (κ2) is 5.27. The van der Waals surface area contributed by atoms with Gasteiger partial charge in [-0.1, -0.05) is 18.2 Å². The summed E-state index contributed by atoms with van der Waals surface area (Å²) >= 11 is 1.52. The Kier molecular flexibility index (Phi) is 3.13. The first-order chi connectivity index (χ1) is 12.1. The van der Waals surface area contributed by atoms with Crippen LogP contribution >= 0.6 is 11.3 Å². The number of carbonyl (C=O) groups excluding carboxylic acids is 1. The molecule has 2 aromatic heterocycles. The summed E-state index contributed by atoms with van der Waals surface area (Å²) < 4.78 is 8.74. The quantitative estimate of drug-likeness (QED) is 0.718. The van der Waals surface area contributed by atoms with Gasteiger partial charge in [-0.25, -0.2) is 9.89 Å². The number of fused-ring (bicyclic) bond motifs is 2. The van der Waals surface area contributed by atoms with E-state index >= 15 is 0 Å². The summed E-state index contributed by atoms with van der Waals surface area (Å²) in [4.78, 5) is 27.3. The first-order valence-corrected chi connectivity index (χ1v) is 9.01. The van der Waals surface area contributed by atoms with Crippen molar-refractivity contribution in [2.75, 3.05) is 13.1 Å². The average Bonchev–Trinajstić information content (AvgIpc) is 3.33. The smallest absolute Gasteiger partial charge is 0.343 e. The van der Waals surface area contributed by atoms with Crippen molar-refractivity contribution in [3.05, 3.63) is 51.5 Å². The van der Waals surface area contributed by atoms with Gasteiger partial charge in [0.05, 0.1) is 18.0 Å². The molecule has 4 heterocycles. The third-order valence-electron chi connectivity index (χ3n) is 5.03. The van der Waals surface area contributed by atoms with Gasteiger partial charge >= 0.3 is 5.69 Å². The number of aromatic nitrogens is 3. The van der Waals surface area contributed by atoms with Gasteiger partial charge in [0.1, 0.15) is 12.2 Å². The van der Waals surface area contributed by atoms with Crippen molar-refractivity contribution < 1.29 is 9.53 Å². The predicted octanol–water partition coefficient (Wildman–Crippen LogP) is 1.60. The molecule has 128 valence electrons. The minimum atomic E-state index is -0.493. The van der Waals surface area contributed by atoms with Crippen LogP contribution < -0.4 is 5.69 Å². The second-order valence-electron chi connectivity index (χ2n) is 6.63. The fraction of sp³-hybridized carbons (Fsp3) is 0.353. The molecule has 1 atom stereocenters. The van der Waals surface area contributed by atoms with Crippen LogP contribution in [-0.4, -0.2) is 44.3 Å². The number of nitrogens with one attached hydrogen (secondary N) is 1. The number of aromatic amines is 1. The van der Waals surface area contributed by atoms with E-state index in [9.17, 15) is 9.59 Å². The van der Waals surface area contributed by atoms with E-state index in [0.29, 0.717) is 32.1 Å². The minimum Gasteiger partial charge on any atom is -0.363 e. The largest absolute Gasteiger partial charge is 0.363 e. The standard InChI is InChI=1S/C17H16N4O3S/c22-15(13-7-11-3-1-2-4-12(11)25-13)20-6-5-17(9-20)10-21-14(8-24-17)18-19-16(21)23/h1-4,7H,5-6,8-10H2,(H,19,23). The highest BCUT2D eigenvalue weighted by atomic mass is 32.1. The van der Waals surface area contributed by atoms with Gasteiger partial charge < -0.3 is 9.64 Å². The molecule has 1 N–H and O–H groups in total. The Bertz CT molecular complexity index is 1000. The number of rotatable bonds is 1. The normalized spacial score (nSPS) is 22.6. The Hall–Kier alpha value is -2.45. The molecule has 0 radical (unpaired) electrons. The van der Waals surface area contributed by atoms with E-state index in [1.54, 1.807) is 4.57 Å². The zero-order valence-corrected chi connectivity index (χ0v) is 14.2. The topological polar surface area (TPSA) is 80.2 Å². The van der Waals surface area contributed by atoms with Crippen LogP contribution in [0.5, 0.6) is 0 Å². The molecule has 0 bridgehead atoms. The van der Waals surface area contributed by atoms with Crippen LogP contribution in [0.15, 0.2) is 35.1 Å². The molecule has 3 aromatic rings. The fourth-order valence-electron chi connectivity index (χ4n) is 3.68. The molecule has 7 nitrogen and oxygen atoms in total. The van der Waals surface area contributed by atoms with Gasteiger partial charge in [-0.05, 0) is 23.9 Å². The molecule has 1 spiro atoms. The molecule has 1 amide bonds. The first kappa shape index (κ1) is 14.9. The van der Waals surface area contributed by atoms with Crippen LogP contribution in [0.2, 0.25) is 0 Å². The van der Waals surface area contributed by atoms with E-state index in [-0.39, 0.29) is 11.6 Å². The van der Waals surface area contributed by atoms with Crippen LogP contribution in [0.4, 0.5) is 0 Å². The maximum atomic E-state index is 12.9. The number of hydrogen-bond donors (Lipinski definition) is 1. The molecular formula is C17H16N4O3S. The lowest BCUT2D eigenvalue weighted by atomic mass is 10.0. The van der Waals surface area contributed by atoms with Crippen molar-refractivity contribution in [2.45, 2.75) is 25.2 Å². The number of amides is 1. The molecule has 8 heteroatoms. The first-order valence-electron chi connectivity index (χ1n) is 8.19. The van der Waals surface area contributed by atoms with Gasteiger partial charge in [-0.15, -0.1) is 11.3 Å². The Morgan fingerprint density at radius 1 is 1.32 bits per heavy atom. The van der Waals surface area contributed by atoms with Crippen LogP contribution in [-0.2, 0) is 17.9 Å². The molecule has 1 fully saturated rings. The van der Waals surface area contributed by atoms with Crippen LogP contribution in [0.25, 0.3) is 10.1 Å². The highest BCUT2D eigenvalue weighted by molar-refractivity contribution is 7.20. The molecule has 2 aliphatic heterocycles. The monoisotopic (exact) mass is 356 g/mol. The molecule has 1 unspecified atom stereocenters. The van der Waals surface area contributed by atoms with Crippen molar-refractivity contribution in [1.29, 1.82) is 0 Å². The zero-order chi connectivity index (χ0) is 17.0. The van der Waals surface area contributed by atoms with Crippen molar-refractivity contribution in [2.24, 2.45) is 0 Å². The third kappa shape index (κ3) is 2.32. The highest BCUT2D eigenvalue weighted by Crippen LogP contribution is 2.33. The molecular weight excluding hydrogens is 340 g/mol. The van der Waals surface area contributed by atoms with E-state index in [2.05, 4.69) is 10.2 Å². The van der Waals surface area contributed by atoms with Gasteiger partial charge in [0.15, 0.2) is 5.82 Å². The Morgan fingerprint density at radius 2 is 2.20 bits per heavy atom. The van der Waals surface area contributed by atoms with Gasteiger partial charge in [0, 0.05) is 11.2 Å². The number of carbonyl (C=O) groups is 1. The second-order valence-corrected chi connectivity index (χ2v) is 7.71. The number of hydrogen-bond acceptors (Lipinski definition) is 5. The number of H-pyrrole nitrogens is 1. The van der Waals surface area contributed by atoms with Crippen molar-refractivity contribution >= 4 is 27.3 Å². The summed E-state index contributed by atoms with van der Waals surface area (Å²) in [5, 5.41) is 7.51. The van der Waals surface area contributed by atoms with E-state index in [1.165, 1.54) is 11.3 Å². The molecule has 1 aromatic carbocycles. The summed E-state index contributed by atoms with van der Waals surface area (Å²) in [6, 6.07) is 9.95. The van der Waals surface area contributed by atoms with Gasteiger partial charge in [0.2, 0.25) is 0 Å². The summed E-state index contributed by atoms with van der Waals surface area (Å²) in [6.07, 6.45) is 0.723. The Morgan fingerprint density at radius 3 is 3.08 bits per heavy atom.